The molecule has 1 aliphatic heterocycles. The highest BCUT2D eigenvalue weighted by Gasteiger charge is 2.30. The van der Waals surface area contributed by atoms with E-state index in [2.05, 4.69) is 103 Å². The number of rotatable bonds is 11. The monoisotopic (exact) mass is 436 g/mol. The van der Waals surface area contributed by atoms with Crippen LogP contribution in [0.25, 0.3) is 0 Å². The molecule has 2 aromatic rings. The van der Waals surface area contributed by atoms with Crippen LogP contribution in [-0.4, -0.2) is 57.2 Å². The Labute approximate surface area is 196 Å². The van der Waals surface area contributed by atoms with Crippen molar-refractivity contribution in [2.24, 2.45) is 0 Å². The van der Waals surface area contributed by atoms with E-state index in [0.29, 0.717) is 6.17 Å². The quantitative estimate of drug-likeness (QED) is 0.411. The maximum Gasteiger partial charge on any atom is 0.0628 e. The zero-order valence-corrected chi connectivity index (χ0v) is 21.1. The van der Waals surface area contributed by atoms with Crippen LogP contribution in [0.3, 0.4) is 0 Å². The van der Waals surface area contributed by atoms with Crippen LogP contribution in [-0.2, 0) is 13.1 Å². The van der Waals surface area contributed by atoms with Gasteiger partial charge in [-0.3, -0.25) is 9.80 Å². The summed E-state index contributed by atoms with van der Waals surface area (Å²) in [7, 11) is 8.62. The van der Waals surface area contributed by atoms with Gasteiger partial charge in [-0.2, -0.15) is 0 Å². The SMILES string of the molecule is CCCCCCC1N(Cc2ccccc2N(C)C)CCCN1Cc1ccccc1N(C)C. The largest absolute Gasteiger partial charge is 0.377 e. The molecule has 0 N–H and O–H groups in total. The highest BCUT2D eigenvalue weighted by molar-refractivity contribution is 5.53. The standard InChI is InChI=1S/C28H44N4/c1-6-7-8-9-19-28-31(22-24-15-10-12-17-26(24)29(2)3)20-14-21-32(28)23-25-16-11-13-18-27(25)30(4)5/h10-13,15-18,28H,6-9,14,19-23H2,1-5H3. The summed E-state index contributed by atoms with van der Waals surface area (Å²) in [4.78, 5) is 9.99. The fourth-order valence-corrected chi connectivity index (χ4v) is 5.09. The molecule has 2 aromatic carbocycles. The number of benzene rings is 2. The summed E-state index contributed by atoms with van der Waals surface area (Å²) in [5, 5.41) is 0. The van der Waals surface area contributed by atoms with Crippen molar-refractivity contribution in [1.29, 1.82) is 0 Å². The van der Waals surface area contributed by atoms with E-state index in [4.69, 9.17) is 0 Å². The number of hydrogen-bond acceptors (Lipinski definition) is 4. The second-order valence-corrected chi connectivity index (χ2v) is 9.67. The number of unbranched alkanes of at least 4 members (excludes halogenated alkanes) is 3. The molecule has 0 bridgehead atoms. The van der Waals surface area contributed by atoms with E-state index >= 15 is 0 Å². The van der Waals surface area contributed by atoms with Crippen LogP contribution in [0, 0.1) is 0 Å². The molecule has 0 aliphatic carbocycles. The molecule has 4 heteroatoms. The molecule has 0 saturated carbocycles. The van der Waals surface area contributed by atoms with Crippen LogP contribution < -0.4 is 9.80 Å². The first-order valence-corrected chi connectivity index (χ1v) is 12.5. The first-order valence-electron chi connectivity index (χ1n) is 12.5. The lowest BCUT2D eigenvalue weighted by molar-refractivity contribution is -0.0133. The van der Waals surface area contributed by atoms with Crippen LogP contribution in [0.5, 0.6) is 0 Å². The summed E-state index contributed by atoms with van der Waals surface area (Å²) in [6.07, 6.45) is 8.30. The highest BCUT2D eigenvalue weighted by Crippen LogP contribution is 2.29. The van der Waals surface area contributed by atoms with Crippen molar-refractivity contribution in [3.63, 3.8) is 0 Å². The fourth-order valence-electron chi connectivity index (χ4n) is 5.09. The van der Waals surface area contributed by atoms with Gasteiger partial charge in [-0.15, -0.1) is 0 Å². The van der Waals surface area contributed by atoms with Crippen LogP contribution in [0.1, 0.15) is 56.6 Å². The molecule has 0 radical (unpaired) electrons. The predicted octanol–water partition coefficient (Wildman–Crippen LogP) is 5.82. The molecule has 32 heavy (non-hydrogen) atoms. The predicted molar refractivity (Wildman–Crippen MR) is 140 cm³/mol. The van der Waals surface area contributed by atoms with Crippen molar-refractivity contribution in [2.45, 2.75) is 64.7 Å². The van der Waals surface area contributed by atoms with Gasteiger partial charge in [-0.25, -0.2) is 0 Å². The zero-order valence-electron chi connectivity index (χ0n) is 21.1. The summed E-state index contributed by atoms with van der Waals surface area (Å²) in [5.41, 5.74) is 5.55. The second kappa shape index (κ2) is 12.3. The van der Waals surface area contributed by atoms with Crippen molar-refractivity contribution in [3.8, 4) is 0 Å². The van der Waals surface area contributed by atoms with Gasteiger partial charge < -0.3 is 9.80 Å². The van der Waals surface area contributed by atoms with Gasteiger partial charge in [-0.1, -0.05) is 69.0 Å². The molecule has 0 spiro atoms. The summed E-state index contributed by atoms with van der Waals surface area (Å²) in [6, 6.07) is 17.8. The molecule has 1 fully saturated rings. The lowest BCUT2D eigenvalue weighted by Crippen LogP contribution is -2.53. The van der Waals surface area contributed by atoms with Gasteiger partial charge in [0.2, 0.25) is 0 Å². The van der Waals surface area contributed by atoms with Crippen LogP contribution in [0.4, 0.5) is 11.4 Å². The molecule has 1 heterocycles. The Hall–Kier alpha value is -2.04. The van der Waals surface area contributed by atoms with Crippen molar-refractivity contribution in [3.05, 3.63) is 59.7 Å². The number of hydrogen-bond donors (Lipinski definition) is 0. The Morgan fingerprint density at radius 2 is 1.22 bits per heavy atom. The van der Waals surface area contributed by atoms with Gasteiger partial charge in [0.05, 0.1) is 6.17 Å². The Morgan fingerprint density at radius 1 is 0.719 bits per heavy atom. The van der Waals surface area contributed by atoms with Crippen LogP contribution >= 0.6 is 0 Å². The molecule has 1 aliphatic rings. The van der Waals surface area contributed by atoms with Gasteiger partial charge in [0, 0.05) is 65.7 Å². The highest BCUT2D eigenvalue weighted by atomic mass is 15.4. The molecule has 0 aromatic heterocycles. The minimum absolute atomic E-state index is 0.506. The van der Waals surface area contributed by atoms with Gasteiger partial charge in [0.25, 0.3) is 0 Å². The summed E-state index contributed by atoms with van der Waals surface area (Å²) in [6.45, 7) is 6.73. The molecule has 0 atom stereocenters. The third-order valence-corrected chi connectivity index (χ3v) is 6.74. The molecule has 0 unspecified atom stereocenters. The number of anilines is 2. The van der Waals surface area contributed by atoms with Gasteiger partial charge in [0.15, 0.2) is 0 Å². The topological polar surface area (TPSA) is 13.0 Å². The first-order chi connectivity index (χ1) is 15.5. The lowest BCUT2D eigenvalue weighted by Gasteiger charge is -2.45. The second-order valence-electron chi connectivity index (χ2n) is 9.67. The van der Waals surface area contributed by atoms with E-state index < -0.39 is 0 Å². The average molecular weight is 437 g/mol. The minimum Gasteiger partial charge on any atom is -0.377 e. The van der Waals surface area contributed by atoms with Crippen molar-refractivity contribution < 1.29 is 0 Å². The molecule has 176 valence electrons. The van der Waals surface area contributed by atoms with E-state index in [-0.39, 0.29) is 0 Å². The Kier molecular flexibility index (Phi) is 9.43. The van der Waals surface area contributed by atoms with E-state index in [9.17, 15) is 0 Å². The first kappa shape index (κ1) is 24.6. The van der Waals surface area contributed by atoms with Crippen LogP contribution in [0.2, 0.25) is 0 Å². The van der Waals surface area contributed by atoms with Crippen molar-refractivity contribution in [2.75, 3.05) is 51.1 Å². The van der Waals surface area contributed by atoms with Gasteiger partial charge in [0.1, 0.15) is 0 Å². The van der Waals surface area contributed by atoms with Crippen molar-refractivity contribution in [1.82, 2.24) is 9.80 Å². The molecule has 3 rings (SSSR count). The Bertz CT molecular complexity index is 755. The summed E-state index contributed by atoms with van der Waals surface area (Å²) < 4.78 is 0. The molecular weight excluding hydrogens is 392 g/mol. The Morgan fingerprint density at radius 3 is 1.69 bits per heavy atom. The smallest absolute Gasteiger partial charge is 0.0628 e. The van der Waals surface area contributed by atoms with Crippen molar-refractivity contribution >= 4 is 11.4 Å². The van der Waals surface area contributed by atoms with E-state index in [1.165, 1.54) is 74.1 Å². The van der Waals surface area contributed by atoms with E-state index in [1.807, 2.05) is 0 Å². The van der Waals surface area contributed by atoms with Crippen LogP contribution in [0.15, 0.2) is 48.5 Å². The molecule has 1 saturated heterocycles. The van der Waals surface area contributed by atoms with Gasteiger partial charge >= 0.3 is 0 Å². The molecule has 0 amide bonds. The zero-order chi connectivity index (χ0) is 22.9. The molecular formula is C28H44N4. The van der Waals surface area contributed by atoms with Gasteiger partial charge in [-0.05, 0) is 36.1 Å². The summed E-state index contributed by atoms with van der Waals surface area (Å²) in [5.74, 6) is 0. The normalized spacial score (nSPS) is 15.8. The maximum atomic E-state index is 2.75. The number of para-hydroxylation sites is 2. The Balaban J connectivity index is 1.81. The minimum atomic E-state index is 0.506. The third kappa shape index (κ3) is 6.49. The summed E-state index contributed by atoms with van der Waals surface area (Å²) >= 11 is 0. The van der Waals surface area contributed by atoms with E-state index in [0.717, 1.165) is 13.1 Å². The fraction of sp³-hybridized carbons (Fsp3) is 0.571. The maximum absolute atomic E-state index is 2.75. The van der Waals surface area contributed by atoms with E-state index in [1.54, 1.807) is 0 Å². The third-order valence-electron chi connectivity index (χ3n) is 6.74. The number of nitrogens with zero attached hydrogens (tertiary/aromatic N) is 4. The molecule has 4 nitrogen and oxygen atoms in total. The average Bonchev–Trinajstić information content (AvgIpc) is 2.78. The lowest BCUT2D eigenvalue weighted by atomic mass is 10.0.